The lowest BCUT2D eigenvalue weighted by atomic mass is 9.91. The number of ether oxygens (including phenoxy) is 3. The number of methoxy groups -OCH3 is 3. The minimum absolute atomic E-state index is 0.147. The normalized spacial score (nSPS) is 27.0. The molecule has 24 heavy (non-hydrogen) atoms. The maximum atomic E-state index is 9.79. The summed E-state index contributed by atoms with van der Waals surface area (Å²) in [5.41, 5.74) is 8.42. The van der Waals surface area contributed by atoms with E-state index in [0.29, 0.717) is 24.1 Å². The molecule has 1 fully saturated rings. The smallest absolute Gasteiger partial charge is 0.203 e. The van der Waals surface area contributed by atoms with Crippen molar-refractivity contribution in [2.75, 3.05) is 27.9 Å². The highest BCUT2D eigenvalue weighted by Crippen LogP contribution is 2.49. The van der Waals surface area contributed by atoms with E-state index in [1.807, 2.05) is 6.07 Å². The lowest BCUT2D eigenvalue weighted by Crippen LogP contribution is -2.40. The zero-order chi connectivity index (χ0) is 17.3. The van der Waals surface area contributed by atoms with Gasteiger partial charge in [0.05, 0.1) is 27.4 Å². The first-order chi connectivity index (χ1) is 11.6. The molecule has 0 aromatic heterocycles. The largest absolute Gasteiger partial charge is 0.493 e. The SMILES string of the molecule is COc1cc2c(c(OC)c1OC)CN(C1CCC(O)CC1)C2CN. The molecule has 1 aliphatic carbocycles. The molecule has 1 aromatic rings. The molecule has 1 unspecified atom stereocenters. The van der Waals surface area contributed by atoms with Crippen LogP contribution in [0.15, 0.2) is 6.07 Å². The number of hydrogen-bond donors (Lipinski definition) is 2. The lowest BCUT2D eigenvalue weighted by Gasteiger charge is -2.36. The third-order valence-electron chi connectivity index (χ3n) is 5.43. The summed E-state index contributed by atoms with van der Waals surface area (Å²) in [5.74, 6) is 2.05. The number of aliphatic hydroxyl groups excluding tert-OH is 1. The molecule has 1 atom stereocenters. The number of rotatable bonds is 5. The first-order valence-electron chi connectivity index (χ1n) is 8.60. The van der Waals surface area contributed by atoms with Gasteiger partial charge in [-0.3, -0.25) is 4.90 Å². The molecule has 134 valence electrons. The van der Waals surface area contributed by atoms with Crippen LogP contribution in [0.3, 0.4) is 0 Å². The number of hydrogen-bond acceptors (Lipinski definition) is 6. The Bertz CT molecular complexity index is 585. The summed E-state index contributed by atoms with van der Waals surface area (Å²) >= 11 is 0. The van der Waals surface area contributed by atoms with E-state index in [1.54, 1.807) is 21.3 Å². The Balaban J connectivity index is 1.98. The molecule has 6 heteroatoms. The van der Waals surface area contributed by atoms with Gasteiger partial charge in [-0.1, -0.05) is 0 Å². The number of nitrogens with zero attached hydrogens (tertiary/aromatic N) is 1. The maximum Gasteiger partial charge on any atom is 0.203 e. The van der Waals surface area contributed by atoms with Gasteiger partial charge in [-0.15, -0.1) is 0 Å². The van der Waals surface area contributed by atoms with Crippen molar-refractivity contribution in [3.05, 3.63) is 17.2 Å². The van der Waals surface area contributed by atoms with Crippen LogP contribution in [0.2, 0.25) is 0 Å². The molecular weight excluding hydrogens is 308 g/mol. The van der Waals surface area contributed by atoms with Crippen LogP contribution in [0, 0.1) is 0 Å². The molecule has 2 aliphatic rings. The van der Waals surface area contributed by atoms with Crippen LogP contribution in [0.25, 0.3) is 0 Å². The van der Waals surface area contributed by atoms with E-state index in [1.165, 1.54) is 0 Å². The first kappa shape index (κ1) is 17.3. The van der Waals surface area contributed by atoms with Crippen molar-refractivity contribution in [1.82, 2.24) is 4.90 Å². The average Bonchev–Trinajstić information content (AvgIpc) is 2.98. The molecule has 3 rings (SSSR count). The molecular formula is C18H28N2O4. The molecule has 6 nitrogen and oxygen atoms in total. The molecule has 0 spiro atoms. The summed E-state index contributed by atoms with van der Waals surface area (Å²) in [5, 5.41) is 9.79. The minimum Gasteiger partial charge on any atom is -0.493 e. The molecule has 0 bridgehead atoms. The minimum atomic E-state index is -0.155. The third kappa shape index (κ3) is 2.83. The van der Waals surface area contributed by atoms with E-state index < -0.39 is 0 Å². The quantitative estimate of drug-likeness (QED) is 0.854. The van der Waals surface area contributed by atoms with Crippen LogP contribution in [0.4, 0.5) is 0 Å². The van der Waals surface area contributed by atoms with E-state index in [-0.39, 0.29) is 12.1 Å². The fraction of sp³-hybridized carbons (Fsp3) is 0.667. The van der Waals surface area contributed by atoms with Gasteiger partial charge in [-0.25, -0.2) is 0 Å². The van der Waals surface area contributed by atoms with Gasteiger partial charge in [0.15, 0.2) is 11.5 Å². The second-order valence-corrected chi connectivity index (χ2v) is 6.60. The molecule has 0 amide bonds. The van der Waals surface area contributed by atoms with Crippen LogP contribution >= 0.6 is 0 Å². The molecule has 1 saturated carbocycles. The van der Waals surface area contributed by atoms with Crippen molar-refractivity contribution in [3.63, 3.8) is 0 Å². The van der Waals surface area contributed by atoms with Gasteiger partial charge in [-0.05, 0) is 37.3 Å². The molecule has 0 saturated heterocycles. The van der Waals surface area contributed by atoms with Crippen LogP contribution in [0.5, 0.6) is 17.2 Å². The standard InChI is InChI=1S/C18H28N2O4/c1-22-16-8-13-14(17(23-2)18(16)24-3)10-20(15(13)9-19)11-4-6-12(21)7-5-11/h8,11-12,15,21H,4-7,9-10,19H2,1-3H3. The third-order valence-corrected chi connectivity index (χ3v) is 5.43. The molecule has 1 heterocycles. The summed E-state index contributed by atoms with van der Waals surface area (Å²) < 4.78 is 16.7. The average molecular weight is 336 g/mol. The molecule has 1 aliphatic heterocycles. The molecule has 0 radical (unpaired) electrons. The fourth-order valence-electron chi connectivity index (χ4n) is 4.20. The van der Waals surface area contributed by atoms with Gasteiger partial charge in [0.2, 0.25) is 5.75 Å². The zero-order valence-electron chi connectivity index (χ0n) is 14.7. The second-order valence-electron chi connectivity index (χ2n) is 6.60. The van der Waals surface area contributed by atoms with Gasteiger partial charge in [0, 0.05) is 30.7 Å². The van der Waals surface area contributed by atoms with Crippen molar-refractivity contribution in [3.8, 4) is 17.2 Å². The van der Waals surface area contributed by atoms with Gasteiger partial charge in [0.25, 0.3) is 0 Å². The highest BCUT2D eigenvalue weighted by atomic mass is 16.5. The summed E-state index contributed by atoms with van der Waals surface area (Å²) in [4.78, 5) is 2.46. The van der Waals surface area contributed by atoms with Crippen LogP contribution in [0.1, 0.15) is 42.9 Å². The van der Waals surface area contributed by atoms with E-state index >= 15 is 0 Å². The number of nitrogens with two attached hydrogens (primary N) is 1. The van der Waals surface area contributed by atoms with Crippen molar-refractivity contribution < 1.29 is 19.3 Å². The number of aliphatic hydroxyl groups is 1. The van der Waals surface area contributed by atoms with Gasteiger partial charge in [0.1, 0.15) is 0 Å². The Morgan fingerprint density at radius 3 is 2.29 bits per heavy atom. The van der Waals surface area contributed by atoms with Crippen molar-refractivity contribution in [2.45, 2.75) is 50.4 Å². The highest BCUT2D eigenvalue weighted by molar-refractivity contribution is 5.61. The van der Waals surface area contributed by atoms with Crippen LogP contribution in [-0.2, 0) is 6.54 Å². The first-order valence-corrected chi connectivity index (χ1v) is 8.60. The predicted octanol–water partition coefficient (Wildman–Crippen LogP) is 1.83. The Hall–Kier alpha value is -1.50. The summed E-state index contributed by atoms with van der Waals surface area (Å²) in [6.07, 6.45) is 3.57. The zero-order valence-corrected chi connectivity index (χ0v) is 14.7. The van der Waals surface area contributed by atoms with E-state index in [9.17, 15) is 5.11 Å². The number of benzene rings is 1. The lowest BCUT2D eigenvalue weighted by molar-refractivity contribution is 0.0569. The topological polar surface area (TPSA) is 77.2 Å². The van der Waals surface area contributed by atoms with Crippen molar-refractivity contribution in [1.29, 1.82) is 0 Å². The Kier molecular flexibility index (Phi) is 5.18. The van der Waals surface area contributed by atoms with E-state index in [4.69, 9.17) is 19.9 Å². The Morgan fingerprint density at radius 1 is 1.08 bits per heavy atom. The Labute approximate surface area is 143 Å². The van der Waals surface area contributed by atoms with E-state index in [0.717, 1.165) is 49.1 Å². The van der Waals surface area contributed by atoms with Gasteiger partial charge < -0.3 is 25.1 Å². The molecule has 1 aromatic carbocycles. The van der Waals surface area contributed by atoms with E-state index in [2.05, 4.69) is 4.90 Å². The summed E-state index contributed by atoms with van der Waals surface area (Å²) in [6.45, 7) is 1.34. The highest BCUT2D eigenvalue weighted by Gasteiger charge is 2.39. The molecule has 3 N–H and O–H groups in total. The van der Waals surface area contributed by atoms with Gasteiger partial charge in [-0.2, -0.15) is 0 Å². The Morgan fingerprint density at radius 2 is 1.75 bits per heavy atom. The van der Waals surface area contributed by atoms with Crippen molar-refractivity contribution >= 4 is 0 Å². The fourth-order valence-corrected chi connectivity index (χ4v) is 4.20. The summed E-state index contributed by atoms with van der Waals surface area (Å²) in [7, 11) is 4.92. The summed E-state index contributed by atoms with van der Waals surface area (Å²) in [6, 6.07) is 2.62. The van der Waals surface area contributed by atoms with Crippen molar-refractivity contribution in [2.24, 2.45) is 5.73 Å². The monoisotopic (exact) mass is 336 g/mol. The number of fused-ring (bicyclic) bond motifs is 1. The van der Waals surface area contributed by atoms with Crippen LogP contribution in [-0.4, -0.2) is 50.0 Å². The predicted molar refractivity (Wildman–Crippen MR) is 91.7 cm³/mol. The van der Waals surface area contributed by atoms with Gasteiger partial charge >= 0.3 is 0 Å². The second kappa shape index (κ2) is 7.17. The maximum absolute atomic E-state index is 9.79. The van der Waals surface area contributed by atoms with Crippen LogP contribution < -0.4 is 19.9 Å².